The lowest BCUT2D eigenvalue weighted by atomic mass is 9.92. The number of anilines is 1. The molecule has 1 atom stereocenters. The highest BCUT2D eigenvalue weighted by Crippen LogP contribution is 2.37. The van der Waals surface area contributed by atoms with Gasteiger partial charge in [-0.05, 0) is 55.7 Å². The molecule has 1 amide bonds. The van der Waals surface area contributed by atoms with Gasteiger partial charge in [0.05, 0.1) is 0 Å². The van der Waals surface area contributed by atoms with Gasteiger partial charge in [-0.25, -0.2) is 0 Å². The first-order chi connectivity index (χ1) is 8.78. The van der Waals surface area contributed by atoms with Crippen molar-refractivity contribution in [1.29, 1.82) is 0 Å². The molecule has 1 unspecified atom stereocenters. The SMILES string of the molecule is Cc1cc(C)c(C(=O)NC2CCC(C)(C)C2)cc1N. The van der Waals surface area contributed by atoms with Gasteiger partial charge in [0.15, 0.2) is 0 Å². The number of hydrogen-bond acceptors (Lipinski definition) is 2. The fraction of sp³-hybridized carbons (Fsp3) is 0.562. The number of amides is 1. The maximum absolute atomic E-state index is 12.3. The first-order valence-electron chi connectivity index (χ1n) is 6.96. The van der Waals surface area contributed by atoms with E-state index in [4.69, 9.17) is 5.73 Å². The summed E-state index contributed by atoms with van der Waals surface area (Å²) in [6.45, 7) is 8.44. The van der Waals surface area contributed by atoms with E-state index in [2.05, 4.69) is 19.2 Å². The minimum Gasteiger partial charge on any atom is -0.398 e. The Balaban J connectivity index is 2.11. The van der Waals surface area contributed by atoms with Crippen LogP contribution in [0.3, 0.4) is 0 Å². The maximum Gasteiger partial charge on any atom is 0.251 e. The predicted octanol–water partition coefficient (Wildman–Crippen LogP) is 3.19. The van der Waals surface area contributed by atoms with Crippen LogP contribution in [0.2, 0.25) is 0 Å². The minimum atomic E-state index is 0.00639. The quantitative estimate of drug-likeness (QED) is 0.802. The van der Waals surface area contributed by atoms with Crippen LogP contribution in [0.4, 0.5) is 5.69 Å². The van der Waals surface area contributed by atoms with Gasteiger partial charge < -0.3 is 11.1 Å². The molecule has 0 radical (unpaired) electrons. The first kappa shape index (κ1) is 13.9. The Morgan fingerprint density at radius 1 is 1.32 bits per heavy atom. The van der Waals surface area contributed by atoms with Gasteiger partial charge in [0, 0.05) is 17.3 Å². The van der Waals surface area contributed by atoms with Gasteiger partial charge in [0.1, 0.15) is 0 Å². The highest BCUT2D eigenvalue weighted by molar-refractivity contribution is 5.96. The smallest absolute Gasteiger partial charge is 0.251 e. The summed E-state index contributed by atoms with van der Waals surface area (Å²) in [6.07, 6.45) is 3.30. The molecule has 0 spiro atoms. The van der Waals surface area contributed by atoms with E-state index in [1.807, 2.05) is 19.9 Å². The van der Waals surface area contributed by atoms with Crippen molar-refractivity contribution in [3.63, 3.8) is 0 Å². The average Bonchev–Trinajstić information content (AvgIpc) is 2.63. The topological polar surface area (TPSA) is 55.1 Å². The van der Waals surface area contributed by atoms with E-state index >= 15 is 0 Å². The van der Waals surface area contributed by atoms with Gasteiger partial charge in [-0.1, -0.05) is 19.9 Å². The molecule has 0 aromatic heterocycles. The Morgan fingerprint density at radius 2 is 2.00 bits per heavy atom. The first-order valence-corrected chi connectivity index (χ1v) is 6.96. The summed E-state index contributed by atoms with van der Waals surface area (Å²) in [5, 5.41) is 3.14. The van der Waals surface area contributed by atoms with E-state index < -0.39 is 0 Å². The van der Waals surface area contributed by atoms with Crippen LogP contribution in [0.5, 0.6) is 0 Å². The van der Waals surface area contributed by atoms with E-state index in [0.717, 1.165) is 24.0 Å². The second-order valence-electron chi connectivity index (χ2n) is 6.60. The maximum atomic E-state index is 12.3. The van der Waals surface area contributed by atoms with Crippen LogP contribution in [-0.2, 0) is 0 Å². The summed E-state index contributed by atoms with van der Waals surface area (Å²) in [5.41, 5.74) is 9.64. The van der Waals surface area contributed by atoms with Gasteiger partial charge in [0.2, 0.25) is 0 Å². The van der Waals surface area contributed by atoms with Gasteiger partial charge in [0.25, 0.3) is 5.91 Å². The van der Waals surface area contributed by atoms with Crippen molar-refractivity contribution in [1.82, 2.24) is 5.32 Å². The Labute approximate surface area is 115 Å². The molecule has 1 saturated carbocycles. The summed E-state index contributed by atoms with van der Waals surface area (Å²) in [4.78, 5) is 12.3. The zero-order valence-electron chi connectivity index (χ0n) is 12.3. The van der Waals surface area contributed by atoms with Crippen LogP contribution in [0.15, 0.2) is 12.1 Å². The molecule has 0 bridgehead atoms. The number of nitrogens with two attached hydrogens (primary N) is 1. The van der Waals surface area contributed by atoms with E-state index in [0.29, 0.717) is 22.7 Å². The Kier molecular flexibility index (Phi) is 3.57. The molecule has 0 heterocycles. The number of aryl methyl sites for hydroxylation is 2. The zero-order valence-corrected chi connectivity index (χ0v) is 12.3. The fourth-order valence-corrected chi connectivity index (χ4v) is 2.94. The molecule has 2 rings (SSSR count). The lowest BCUT2D eigenvalue weighted by Crippen LogP contribution is -2.34. The molecule has 0 aliphatic heterocycles. The lowest BCUT2D eigenvalue weighted by Gasteiger charge is -2.18. The zero-order chi connectivity index (χ0) is 14.2. The summed E-state index contributed by atoms with van der Waals surface area (Å²) >= 11 is 0. The second kappa shape index (κ2) is 4.87. The molecule has 19 heavy (non-hydrogen) atoms. The highest BCUT2D eigenvalue weighted by Gasteiger charge is 2.31. The van der Waals surface area contributed by atoms with E-state index in [-0.39, 0.29) is 5.91 Å². The standard InChI is InChI=1S/C16H24N2O/c1-10-7-11(2)14(17)8-13(10)15(19)18-12-5-6-16(3,4)9-12/h7-8,12H,5-6,9,17H2,1-4H3,(H,18,19). The van der Waals surface area contributed by atoms with E-state index in [9.17, 15) is 4.79 Å². The molecule has 3 heteroatoms. The van der Waals surface area contributed by atoms with Gasteiger partial charge in [-0.2, -0.15) is 0 Å². The van der Waals surface area contributed by atoms with Crippen LogP contribution in [0.25, 0.3) is 0 Å². The van der Waals surface area contributed by atoms with Crippen LogP contribution in [0, 0.1) is 19.3 Å². The van der Waals surface area contributed by atoms with E-state index in [1.54, 1.807) is 6.07 Å². The molecular weight excluding hydrogens is 236 g/mol. The number of rotatable bonds is 2. The van der Waals surface area contributed by atoms with Crippen LogP contribution < -0.4 is 11.1 Å². The van der Waals surface area contributed by atoms with Crippen molar-refractivity contribution in [2.75, 3.05) is 5.73 Å². The summed E-state index contributed by atoms with van der Waals surface area (Å²) < 4.78 is 0. The van der Waals surface area contributed by atoms with Crippen molar-refractivity contribution in [2.24, 2.45) is 5.41 Å². The largest absolute Gasteiger partial charge is 0.398 e. The van der Waals surface area contributed by atoms with Gasteiger partial charge >= 0.3 is 0 Å². The number of carbonyl (C=O) groups excluding carboxylic acids is 1. The molecule has 0 saturated heterocycles. The van der Waals surface area contributed by atoms with Crippen molar-refractivity contribution in [2.45, 2.75) is 53.0 Å². The number of nitrogen functional groups attached to an aromatic ring is 1. The minimum absolute atomic E-state index is 0.00639. The van der Waals surface area contributed by atoms with Gasteiger partial charge in [-0.3, -0.25) is 4.79 Å². The third-order valence-electron chi connectivity index (χ3n) is 4.16. The molecule has 1 aromatic carbocycles. The molecule has 1 aliphatic rings. The third kappa shape index (κ3) is 3.09. The second-order valence-corrected chi connectivity index (χ2v) is 6.60. The van der Waals surface area contributed by atoms with Crippen molar-refractivity contribution in [3.8, 4) is 0 Å². The molecule has 3 N–H and O–H groups in total. The summed E-state index contributed by atoms with van der Waals surface area (Å²) in [7, 11) is 0. The van der Waals surface area contributed by atoms with Crippen molar-refractivity contribution in [3.05, 3.63) is 28.8 Å². The summed E-state index contributed by atoms with van der Waals surface area (Å²) in [5.74, 6) is 0.00639. The Bertz CT molecular complexity index is 506. The third-order valence-corrected chi connectivity index (χ3v) is 4.16. The molecule has 1 aliphatic carbocycles. The average molecular weight is 260 g/mol. The number of hydrogen-bond donors (Lipinski definition) is 2. The lowest BCUT2D eigenvalue weighted by molar-refractivity contribution is 0.0935. The molecule has 104 valence electrons. The number of benzene rings is 1. The highest BCUT2D eigenvalue weighted by atomic mass is 16.1. The van der Waals surface area contributed by atoms with Crippen LogP contribution in [-0.4, -0.2) is 11.9 Å². The Morgan fingerprint density at radius 3 is 2.58 bits per heavy atom. The number of carbonyl (C=O) groups is 1. The molecule has 1 fully saturated rings. The van der Waals surface area contributed by atoms with Crippen LogP contribution >= 0.6 is 0 Å². The Hall–Kier alpha value is -1.51. The van der Waals surface area contributed by atoms with Crippen LogP contribution in [0.1, 0.15) is 54.6 Å². The molecule has 3 nitrogen and oxygen atoms in total. The summed E-state index contributed by atoms with van der Waals surface area (Å²) in [6, 6.07) is 4.06. The predicted molar refractivity (Wildman–Crippen MR) is 79.2 cm³/mol. The normalized spacial score (nSPS) is 21.4. The van der Waals surface area contributed by atoms with E-state index in [1.165, 1.54) is 6.42 Å². The monoisotopic (exact) mass is 260 g/mol. The van der Waals surface area contributed by atoms with Crippen molar-refractivity contribution < 1.29 is 4.79 Å². The van der Waals surface area contributed by atoms with Crippen molar-refractivity contribution >= 4 is 11.6 Å². The molecular formula is C16H24N2O. The number of nitrogens with one attached hydrogen (secondary N) is 1. The fourth-order valence-electron chi connectivity index (χ4n) is 2.94. The van der Waals surface area contributed by atoms with Gasteiger partial charge in [-0.15, -0.1) is 0 Å². The molecule has 1 aromatic rings.